The molecule has 0 radical (unpaired) electrons. The van der Waals surface area contributed by atoms with Gasteiger partial charge in [-0.05, 0) is 50.1 Å². The highest BCUT2D eigenvalue weighted by Gasteiger charge is 2.36. The molecule has 1 aromatic rings. The van der Waals surface area contributed by atoms with Gasteiger partial charge in [-0.1, -0.05) is 33.9 Å². The van der Waals surface area contributed by atoms with E-state index in [0.29, 0.717) is 18.8 Å². The molecule has 0 atom stereocenters. The molecular weight excluding hydrogens is 412 g/mol. The van der Waals surface area contributed by atoms with Crippen LogP contribution in [-0.2, 0) is 4.74 Å². The molecule has 0 bridgehead atoms. The molecule has 0 N–H and O–H groups in total. The Balaban J connectivity index is 2.52. The quantitative estimate of drug-likeness (QED) is 0.517. The van der Waals surface area contributed by atoms with E-state index in [1.807, 2.05) is 32.9 Å². The lowest BCUT2D eigenvalue weighted by Gasteiger charge is -2.36. The van der Waals surface area contributed by atoms with E-state index in [1.165, 1.54) is 9.80 Å². The van der Waals surface area contributed by atoms with Crippen LogP contribution < -0.4 is 9.47 Å². The summed E-state index contributed by atoms with van der Waals surface area (Å²) in [6.07, 6.45) is -0.195. The van der Waals surface area contributed by atoms with Crippen molar-refractivity contribution >= 4 is 20.3 Å². The monoisotopic (exact) mass is 452 g/mol. The number of likely N-dealkylation sites (N-methyl/N-ethyl adjacent to an activating group) is 2. The molecule has 0 aromatic heterocycles. The standard InChI is InChI=1S/C23H40N2O5Si/c1-22(2,3)30-21(27)25(8)16-15-24(7)20(26)29-19-13-11-18(12-14-19)28-17-31(9,10)23(4,5)6/h11-14H,15-17H2,1-10H3. The number of rotatable bonds is 7. The first-order valence-corrected chi connectivity index (χ1v) is 13.8. The van der Waals surface area contributed by atoms with Gasteiger partial charge in [-0.15, -0.1) is 0 Å². The van der Waals surface area contributed by atoms with Gasteiger partial charge in [0.2, 0.25) is 0 Å². The molecule has 0 aliphatic rings. The summed E-state index contributed by atoms with van der Waals surface area (Å²) in [7, 11) is 1.73. The molecule has 0 aliphatic heterocycles. The second kappa shape index (κ2) is 10.4. The average Bonchev–Trinajstić information content (AvgIpc) is 2.62. The van der Waals surface area contributed by atoms with Gasteiger partial charge in [-0.2, -0.15) is 0 Å². The molecule has 1 rings (SSSR count). The first kappa shape index (κ1) is 26.8. The van der Waals surface area contributed by atoms with Crippen molar-refractivity contribution in [1.82, 2.24) is 9.80 Å². The lowest BCUT2D eigenvalue weighted by atomic mass is 10.2. The largest absolute Gasteiger partial charge is 0.497 e. The lowest BCUT2D eigenvalue weighted by molar-refractivity contribution is 0.0287. The van der Waals surface area contributed by atoms with E-state index in [4.69, 9.17) is 14.2 Å². The van der Waals surface area contributed by atoms with Crippen LogP contribution in [0.5, 0.6) is 11.5 Å². The summed E-state index contributed by atoms with van der Waals surface area (Å²) >= 11 is 0. The van der Waals surface area contributed by atoms with Crippen molar-refractivity contribution in [2.45, 2.75) is 65.3 Å². The van der Waals surface area contributed by atoms with Crippen LogP contribution in [0.2, 0.25) is 18.1 Å². The van der Waals surface area contributed by atoms with E-state index in [2.05, 4.69) is 33.9 Å². The van der Waals surface area contributed by atoms with Crippen molar-refractivity contribution in [3.63, 3.8) is 0 Å². The highest BCUT2D eigenvalue weighted by molar-refractivity contribution is 6.80. The Hall–Kier alpha value is -2.22. The summed E-state index contributed by atoms with van der Waals surface area (Å²) in [5.74, 6) is 1.20. The van der Waals surface area contributed by atoms with Gasteiger partial charge in [0, 0.05) is 27.2 Å². The summed E-state index contributed by atoms with van der Waals surface area (Å²) in [6.45, 7) is 17.5. The predicted molar refractivity (Wildman–Crippen MR) is 127 cm³/mol. The number of carbonyl (C=O) groups excluding carboxylic acids is 2. The topological polar surface area (TPSA) is 68.3 Å². The molecule has 7 nitrogen and oxygen atoms in total. The van der Waals surface area contributed by atoms with Crippen LogP contribution in [0.1, 0.15) is 41.5 Å². The van der Waals surface area contributed by atoms with E-state index in [9.17, 15) is 9.59 Å². The Morgan fingerprint density at radius 3 is 1.74 bits per heavy atom. The molecule has 8 heteroatoms. The maximum atomic E-state index is 12.3. The van der Waals surface area contributed by atoms with E-state index >= 15 is 0 Å². The second-order valence-corrected chi connectivity index (χ2v) is 16.1. The zero-order valence-corrected chi connectivity index (χ0v) is 21.9. The van der Waals surface area contributed by atoms with E-state index < -0.39 is 25.9 Å². The number of ether oxygens (including phenoxy) is 3. The Morgan fingerprint density at radius 2 is 1.29 bits per heavy atom. The molecule has 0 spiro atoms. The third kappa shape index (κ3) is 9.21. The van der Waals surface area contributed by atoms with Crippen LogP contribution in [-0.4, -0.2) is 69.1 Å². The van der Waals surface area contributed by atoms with Gasteiger partial charge in [-0.25, -0.2) is 9.59 Å². The maximum absolute atomic E-state index is 12.3. The third-order valence-electron chi connectivity index (χ3n) is 5.45. The van der Waals surface area contributed by atoms with Gasteiger partial charge >= 0.3 is 12.2 Å². The Kier molecular flexibility index (Phi) is 8.99. The molecule has 176 valence electrons. The number of hydrogen-bond donors (Lipinski definition) is 0. The van der Waals surface area contributed by atoms with Gasteiger partial charge in [0.1, 0.15) is 17.1 Å². The second-order valence-electron chi connectivity index (χ2n) is 10.6. The number of hydrogen-bond acceptors (Lipinski definition) is 5. The van der Waals surface area contributed by atoms with Gasteiger partial charge < -0.3 is 24.0 Å². The van der Waals surface area contributed by atoms with E-state index in [1.54, 1.807) is 26.2 Å². The Morgan fingerprint density at radius 1 is 0.839 bits per heavy atom. The molecule has 0 saturated carbocycles. The summed E-state index contributed by atoms with van der Waals surface area (Å²) in [5.41, 5.74) is -0.559. The summed E-state index contributed by atoms with van der Waals surface area (Å²) in [4.78, 5) is 27.2. The zero-order valence-electron chi connectivity index (χ0n) is 20.9. The van der Waals surface area contributed by atoms with Crippen molar-refractivity contribution < 1.29 is 23.8 Å². The molecule has 31 heavy (non-hydrogen) atoms. The average molecular weight is 453 g/mol. The third-order valence-corrected chi connectivity index (χ3v) is 10.4. The first-order valence-electron chi connectivity index (χ1n) is 10.6. The molecule has 0 aliphatic carbocycles. The zero-order chi connectivity index (χ0) is 24.0. The molecule has 0 saturated heterocycles. The van der Waals surface area contributed by atoms with Crippen LogP contribution >= 0.6 is 0 Å². The molecular formula is C23H40N2O5Si. The van der Waals surface area contributed by atoms with Crippen LogP contribution in [0.4, 0.5) is 9.59 Å². The van der Waals surface area contributed by atoms with Crippen molar-refractivity contribution in [3.05, 3.63) is 24.3 Å². The van der Waals surface area contributed by atoms with Crippen LogP contribution in [0.3, 0.4) is 0 Å². The smallest absolute Gasteiger partial charge is 0.415 e. The summed E-state index contributed by atoms with van der Waals surface area (Å²) in [5, 5.41) is 0.255. The number of nitrogens with zero attached hydrogens (tertiary/aromatic N) is 2. The Labute approximate surface area is 188 Å². The lowest BCUT2D eigenvalue weighted by Crippen LogP contribution is -2.43. The highest BCUT2D eigenvalue weighted by atomic mass is 28.3. The Bertz CT molecular complexity index is 736. The predicted octanol–water partition coefficient (Wildman–Crippen LogP) is 5.41. The minimum atomic E-state index is -1.53. The van der Waals surface area contributed by atoms with E-state index in [-0.39, 0.29) is 5.04 Å². The van der Waals surface area contributed by atoms with Crippen molar-refractivity contribution in [2.75, 3.05) is 33.4 Å². The minimum Gasteiger partial charge on any atom is -0.497 e. The molecule has 0 fully saturated rings. The van der Waals surface area contributed by atoms with E-state index in [0.717, 1.165) is 12.0 Å². The fourth-order valence-electron chi connectivity index (χ4n) is 2.09. The molecule has 0 heterocycles. The normalized spacial score (nSPS) is 12.2. The molecule has 2 amide bonds. The number of carbonyl (C=O) groups is 2. The van der Waals surface area contributed by atoms with Crippen LogP contribution in [0, 0.1) is 0 Å². The fraction of sp³-hybridized carbons (Fsp3) is 0.652. The van der Waals surface area contributed by atoms with Crippen molar-refractivity contribution in [1.29, 1.82) is 0 Å². The van der Waals surface area contributed by atoms with Gasteiger partial charge in [0.15, 0.2) is 0 Å². The van der Waals surface area contributed by atoms with Crippen molar-refractivity contribution in [2.24, 2.45) is 0 Å². The minimum absolute atomic E-state index is 0.255. The maximum Gasteiger partial charge on any atom is 0.415 e. The first-order chi connectivity index (χ1) is 14.0. The molecule has 1 aromatic carbocycles. The van der Waals surface area contributed by atoms with Gasteiger partial charge in [-0.3, -0.25) is 0 Å². The molecule has 0 unspecified atom stereocenters. The highest BCUT2D eigenvalue weighted by Crippen LogP contribution is 2.36. The summed E-state index contributed by atoms with van der Waals surface area (Å²) < 4.78 is 16.7. The van der Waals surface area contributed by atoms with Crippen LogP contribution in [0.15, 0.2) is 24.3 Å². The van der Waals surface area contributed by atoms with Gasteiger partial charge in [0.05, 0.1) is 14.3 Å². The summed E-state index contributed by atoms with van der Waals surface area (Å²) in [6, 6.07) is 7.07. The number of benzene rings is 1. The fourth-order valence-corrected chi connectivity index (χ4v) is 3.05. The van der Waals surface area contributed by atoms with Crippen molar-refractivity contribution in [3.8, 4) is 11.5 Å². The van der Waals surface area contributed by atoms with Crippen LogP contribution in [0.25, 0.3) is 0 Å². The van der Waals surface area contributed by atoms with Gasteiger partial charge in [0.25, 0.3) is 0 Å². The SMILES string of the molecule is CN(CCN(C)C(=O)OC(C)(C)C)C(=O)Oc1ccc(OC[Si](C)(C)C(C)(C)C)cc1. The number of amides is 2.